The average molecular weight is 536 g/mol. The van der Waals surface area contributed by atoms with Gasteiger partial charge in [0.2, 0.25) is 0 Å². The first-order valence-corrected chi connectivity index (χ1v) is 12.6. The summed E-state index contributed by atoms with van der Waals surface area (Å²) in [6, 6.07) is 13.3. The van der Waals surface area contributed by atoms with Crippen molar-refractivity contribution in [2.75, 3.05) is 18.1 Å². The molecule has 5 nitrogen and oxygen atoms in total. The molecule has 2 heterocycles. The Kier molecular flexibility index (Phi) is 6.23. The zero-order chi connectivity index (χ0) is 22.4. The third-order valence-corrected chi connectivity index (χ3v) is 8.04. The molecule has 4 atom stereocenters. The summed E-state index contributed by atoms with van der Waals surface area (Å²) >= 11 is 16.2. The molecule has 1 amide bonds. The summed E-state index contributed by atoms with van der Waals surface area (Å²) in [6.07, 6.45) is 3.85. The molecule has 2 unspecified atom stereocenters. The smallest absolute Gasteiger partial charge is 0.282 e. The molecule has 8 heteroatoms. The maximum absolute atomic E-state index is 13.3. The van der Waals surface area contributed by atoms with Crippen LogP contribution in [0.3, 0.4) is 0 Å². The molecular weight excluding hydrogens is 511 g/mol. The lowest BCUT2D eigenvalue weighted by atomic mass is 9.91. The SMILES string of the molecule is C[C@H]1C(C(=O)NN2CC3CCCC3C2)=NN(c2ccc(Cl)cc2Cl)[C@H]1c1ccc(Br)cc1. The van der Waals surface area contributed by atoms with Crippen LogP contribution in [-0.4, -0.2) is 29.7 Å². The lowest BCUT2D eigenvalue weighted by Gasteiger charge is -2.27. The number of hydrazone groups is 1. The van der Waals surface area contributed by atoms with E-state index in [1.54, 1.807) is 12.1 Å². The molecule has 3 aliphatic rings. The van der Waals surface area contributed by atoms with Crippen LogP contribution in [0.15, 0.2) is 52.0 Å². The molecule has 168 valence electrons. The predicted octanol–water partition coefficient (Wildman–Crippen LogP) is 6.07. The molecule has 5 rings (SSSR count). The summed E-state index contributed by atoms with van der Waals surface area (Å²) in [5.41, 5.74) is 5.44. The van der Waals surface area contributed by atoms with Gasteiger partial charge in [0, 0.05) is 28.5 Å². The first kappa shape index (κ1) is 22.2. The minimum absolute atomic E-state index is 0.120. The third-order valence-electron chi connectivity index (χ3n) is 6.97. The van der Waals surface area contributed by atoms with Gasteiger partial charge in [-0.2, -0.15) is 5.10 Å². The Balaban J connectivity index is 1.44. The van der Waals surface area contributed by atoms with E-state index in [4.69, 9.17) is 28.3 Å². The van der Waals surface area contributed by atoms with Crippen molar-refractivity contribution in [1.82, 2.24) is 10.4 Å². The van der Waals surface area contributed by atoms with Crippen molar-refractivity contribution < 1.29 is 4.79 Å². The van der Waals surface area contributed by atoms with E-state index in [1.807, 2.05) is 30.1 Å². The second kappa shape index (κ2) is 8.98. The molecule has 32 heavy (non-hydrogen) atoms. The second-order valence-corrected chi connectivity index (χ2v) is 10.8. The Labute approximate surface area is 206 Å². The van der Waals surface area contributed by atoms with Gasteiger partial charge < -0.3 is 0 Å². The summed E-state index contributed by atoms with van der Waals surface area (Å²) in [6.45, 7) is 3.91. The van der Waals surface area contributed by atoms with E-state index in [2.05, 4.69) is 38.5 Å². The van der Waals surface area contributed by atoms with E-state index >= 15 is 0 Å². The Morgan fingerprint density at radius 1 is 1.09 bits per heavy atom. The molecule has 2 aromatic carbocycles. The van der Waals surface area contributed by atoms with Gasteiger partial charge in [-0.05, 0) is 60.6 Å². The number of carbonyl (C=O) groups excluding carboxylic acids is 1. The number of fused-ring (bicyclic) bond motifs is 1. The van der Waals surface area contributed by atoms with Crippen LogP contribution in [0.4, 0.5) is 5.69 Å². The van der Waals surface area contributed by atoms with Gasteiger partial charge in [0.15, 0.2) is 0 Å². The maximum Gasteiger partial charge on any atom is 0.282 e. The van der Waals surface area contributed by atoms with Crippen LogP contribution in [0.2, 0.25) is 10.0 Å². The fraction of sp³-hybridized carbons (Fsp3) is 0.417. The van der Waals surface area contributed by atoms with E-state index in [-0.39, 0.29) is 17.9 Å². The number of hydrogen-bond donors (Lipinski definition) is 1. The summed E-state index contributed by atoms with van der Waals surface area (Å²) in [7, 11) is 0. The first-order chi connectivity index (χ1) is 15.4. The van der Waals surface area contributed by atoms with Gasteiger partial charge in [-0.1, -0.05) is 64.6 Å². The third kappa shape index (κ3) is 4.18. The molecule has 2 fully saturated rings. The Morgan fingerprint density at radius 2 is 1.78 bits per heavy atom. The molecule has 0 radical (unpaired) electrons. The molecule has 2 aliphatic heterocycles. The lowest BCUT2D eigenvalue weighted by Crippen LogP contribution is -2.45. The first-order valence-electron chi connectivity index (χ1n) is 11.0. The molecule has 0 spiro atoms. The summed E-state index contributed by atoms with van der Waals surface area (Å²) in [4.78, 5) is 13.3. The zero-order valence-electron chi connectivity index (χ0n) is 17.8. The highest BCUT2D eigenvalue weighted by Gasteiger charge is 2.42. The van der Waals surface area contributed by atoms with Crippen LogP contribution in [0, 0.1) is 17.8 Å². The van der Waals surface area contributed by atoms with Gasteiger partial charge in [-0.15, -0.1) is 0 Å². The average Bonchev–Trinajstić information content (AvgIpc) is 3.42. The molecule has 0 bridgehead atoms. The number of rotatable bonds is 4. The number of halogens is 3. The largest absolute Gasteiger partial charge is 0.284 e. The molecule has 1 saturated heterocycles. The Morgan fingerprint density at radius 3 is 2.44 bits per heavy atom. The standard InChI is InChI=1S/C24H25BrCl2N4O/c1-14-22(24(32)29-30-12-16-3-2-4-17(16)13-30)28-31(21-10-9-19(26)11-20(21)27)23(14)15-5-7-18(25)8-6-15/h5-11,14,16-17,23H,2-4,12-13H2,1H3,(H,29,32)/t14-,16?,17?,23+/m0/s1. The number of amides is 1. The van der Waals surface area contributed by atoms with Crippen LogP contribution in [0.1, 0.15) is 37.8 Å². The second-order valence-electron chi connectivity index (χ2n) is 9.01. The highest BCUT2D eigenvalue weighted by molar-refractivity contribution is 9.10. The van der Waals surface area contributed by atoms with Crippen LogP contribution in [-0.2, 0) is 4.79 Å². The highest BCUT2D eigenvalue weighted by Crippen LogP contribution is 2.43. The van der Waals surface area contributed by atoms with Crippen molar-refractivity contribution in [3.05, 3.63) is 62.5 Å². The summed E-state index contributed by atoms with van der Waals surface area (Å²) < 4.78 is 1.00. The van der Waals surface area contributed by atoms with E-state index in [9.17, 15) is 4.79 Å². The fourth-order valence-electron chi connectivity index (χ4n) is 5.37. The number of carbonyl (C=O) groups is 1. The number of hydrazine groups is 1. The maximum atomic E-state index is 13.3. The quantitative estimate of drug-likeness (QED) is 0.516. The number of anilines is 1. The van der Waals surface area contributed by atoms with E-state index < -0.39 is 0 Å². The predicted molar refractivity (Wildman–Crippen MR) is 133 cm³/mol. The van der Waals surface area contributed by atoms with E-state index in [0.29, 0.717) is 27.6 Å². The van der Waals surface area contributed by atoms with Gasteiger partial charge in [-0.3, -0.25) is 15.2 Å². The van der Waals surface area contributed by atoms with E-state index in [1.165, 1.54) is 19.3 Å². The zero-order valence-corrected chi connectivity index (χ0v) is 20.9. The van der Waals surface area contributed by atoms with Gasteiger partial charge in [0.25, 0.3) is 5.91 Å². The monoisotopic (exact) mass is 534 g/mol. The highest BCUT2D eigenvalue weighted by atomic mass is 79.9. The lowest BCUT2D eigenvalue weighted by molar-refractivity contribution is -0.119. The molecule has 1 saturated carbocycles. The Hall–Kier alpha value is -1.60. The summed E-state index contributed by atoms with van der Waals surface area (Å²) in [5, 5.41) is 9.81. The molecule has 1 aliphatic carbocycles. The molecule has 0 aromatic heterocycles. The van der Waals surface area contributed by atoms with Crippen molar-refractivity contribution in [2.24, 2.45) is 22.9 Å². The fourth-order valence-corrected chi connectivity index (χ4v) is 6.13. The van der Waals surface area contributed by atoms with Crippen molar-refractivity contribution in [3.63, 3.8) is 0 Å². The van der Waals surface area contributed by atoms with Crippen molar-refractivity contribution in [2.45, 2.75) is 32.2 Å². The van der Waals surface area contributed by atoms with Crippen LogP contribution in [0.25, 0.3) is 0 Å². The van der Waals surface area contributed by atoms with Gasteiger partial charge in [0.05, 0.1) is 16.8 Å². The van der Waals surface area contributed by atoms with Gasteiger partial charge >= 0.3 is 0 Å². The number of nitrogens with zero attached hydrogens (tertiary/aromatic N) is 3. The topological polar surface area (TPSA) is 47.9 Å². The molecule has 2 aromatic rings. The number of nitrogens with one attached hydrogen (secondary N) is 1. The summed E-state index contributed by atoms with van der Waals surface area (Å²) in [5.74, 6) is 1.16. The van der Waals surface area contributed by atoms with Crippen molar-refractivity contribution in [1.29, 1.82) is 0 Å². The normalized spacial score (nSPS) is 27.5. The minimum atomic E-state index is -0.152. The van der Waals surface area contributed by atoms with Gasteiger partial charge in [-0.25, -0.2) is 5.01 Å². The van der Waals surface area contributed by atoms with E-state index in [0.717, 1.165) is 28.8 Å². The number of hydrogen-bond acceptors (Lipinski definition) is 4. The minimum Gasteiger partial charge on any atom is -0.284 e. The van der Waals surface area contributed by atoms with Crippen LogP contribution in [0.5, 0.6) is 0 Å². The van der Waals surface area contributed by atoms with Crippen LogP contribution < -0.4 is 10.4 Å². The molecular formula is C24H25BrCl2N4O. The Bertz CT molecular complexity index is 1050. The molecule has 1 N–H and O–H groups in total. The van der Waals surface area contributed by atoms with Gasteiger partial charge in [0.1, 0.15) is 5.71 Å². The number of benzene rings is 2. The van der Waals surface area contributed by atoms with Crippen molar-refractivity contribution in [3.8, 4) is 0 Å². The van der Waals surface area contributed by atoms with Crippen molar-refractivity contribution >= 4 is 56.4 Å². The van der Waals surface area contributed by atoms with Crippen LogP contribution >= 0.6 is 39.1 Å².